The fraction of sp³-hybridized carbons (Fsp3) is 0.182. The van der Waals surface area contributed by atoms with E-state index < -0.39 is 9.84 Å². The Kier molecular flexibility index (Phi) is 3.44. The number of anilines is 1. The van der Waals surface area contributed by atoms with Gasteiger partial charge in [0.05, 0.1) is 11.4 Å². The van der Waals surface area contributed by atoms with Gasteiger partial charge in [0.15, 0.2) is 9.84 Å². The molecule has 1 aromatic heterocycles. The largest absolute Gasteiger partial charge is 0.379 e. The van der Waals surface area contributed by atoms with E-state index in [2.05, 4.69) is 10.3 Å². The summed E-state index contributed by atoms with van der Waals surface area (Å²) in [6.45, 7) is 0.649. The molecule has 0 amide bonds. The highest BCUT2D eigenvalue weighted by Crippen LogP contribution is 2.15. The van der Waals surface area contributed by atoms with Crippen LogP contribution in [0.4, 0.5) is 5.69 Å². The Morgan fingerprint density at radius 2 is 2.00 bits per heavy atom. The number of sulfone groups is 1. The van der Waals surface area contributed by atoms with Crippen molar-refractivity contribution in [1.82, 2.24) is 4.98 Å². The molecule has 0 aliphatic heterocycles. The van der Waals surface area contributed by atoms with Crippen LogP contribution in [0.15, 0.2) is 40.7 Å². The van der Waals surface area contributed by atoms with Crippen molar-refractivity contribution in [2.75, 3.05) is 11.6 Å². The standard InChI is InChI=1S/C11H12N2O2S2/c1-17(14,15)10-4-2-9(3-5-10)13-8-11-12-6-7-16-11/h2-7,13H,8H2,1H3. The van der Waals surface area contributed by atoms with Crippen LogP contribution in [0.5, 0.6) is 0 Å². The second-order valence-corrected chi connectivity index (χ2v) is 6.57. The number of benzene rings is 1. The molecule has 1 aromatic carbocycles. The van der Waals surface area contributed by atoms with E-state index in [0.717, 1.165) is 10.7 Å². The summed E-state index contributed by atoms with van der Waals surface area (Å²) in [5, 5.41) is 6.10. The molecule has 17 heavy (non-hydrogen) atoms. The van der Waals surface area contributed by atoms with Crippen LogP contribution in [-0.4, -0.2) is 19.7 Å². The molecule has 0 spiro atoms. The van der Waals surface area contributed by atoms with Crippen molar-refractivity contribution in [1.29, 1.82) is 0 Å². The molecule has 2 rings (SSSR count). The number of thiazole rings is 1. The van der Waals surface area contributed by atoms with E-state index in [4.69, 9.17) is 0 Å². The van der Waals surface area contributed by atoms with Crippen LogP contribution in [-0.2, 0) is 16.4 Å². The van der Waals surface area contributed by atoms with Crippen molar-refractivity contribution >= 4 is 26.9 Å². The van der Waals surface area contributed by atoms with Crippen molar-refractivity contribution in [3.05, 3.63) is 40.8 Å². The third-order valence-corrected chi connectivity index (χ3v) is 4.12. The number of rotatable bonds is 4. The van der Waals surface area contributed by atoms with Gasteiger partial charge >= 0.3 is 0 Å². The molecule has 0 saturated carbocycles. The minimum Gasteiger partial charge on any atom is -0.379 e. The molecule has 0 fully saturated rings. The lowest BCUT2D eigenvalue weighted by Gasteiger charge is -2.05. The first-order chi connectivity index (χ1) is 8.05. The molecule has 0 atom stereocenters. The van der Waals surface area contributed by atoms with Gasteiger partial charge in [0.25, 0.3) is 0 Å². The van der Waals surface area contributed by atoms with Gasteiger partial charge in [0, 0.05) is 23.5 Å². The summed E-state index contributed by atoms with van der Waals surface area (Å²) in [5.74, 6) is 0. The van der Waals surface area contributed by atoms with Crippen LogP contribution >= 0.6 is 11.3 Å². The van der Waals surface area contributed by atoms with Gasteiger partial charge in [-0.3, -0.25) is 0 Å². The lowest BCUT2D eigenvalue weighted by atomic mass is 10.3. The summed E-state index contributed by atoms with van der Waals surface area (Å²) in [5.41, 5.74) is 0.882. The number of hydrogen-bond acceptors (Lipinski definition) is 5. The molecule has 1 N–H and O–H groups in total. The second-order valence-electron chi connectivity index (χ2n) is 3.58. The summed E-state index contributed by atoms with van der Waals surface area (Å²) in [4.78, 5) is 4.48. The zero-order chi connectivity index (χ0) is 12.3. The van der Waals surface area contributed by atoms with Gasteiger partial charge in [-0.25, -0.2) is 13.4 Å². The molecule has 6 heteroatoms. The van der Waals surface area contributed by atoms with E-state index in [1.165, 1.54) is 6.26 Å². The Morgan fingerprint density at radius 3 is 2.53 bits per heavy atom. The minimum absolute atomic E-state index is 0.331. The zero-order valence-corrected chi connectivity index (χ0v) is 10.9. The van der Waals surface area contributed by atoms with Crippen LogP contribution < -0.4 is 5.32 Å². The van der Waals surface area contributed by atoms with E-state index in [-0.39, 0.29) is 0 Å². The topological polar surface area (TPSA) is 59.1 Å². The average Bonchev–Trinajstić information content (AvgIpc) is 2.78. The zero-order valence-electron chi connectivity index (χ0n) is 9.25. The second kappa shape index (κ2) is 4.85. The van der Waals surface area contributed by atoms with Gasteiger partial charge in [0.1, 0.15) is 5.01 Å². The van der Waals surface area contributed by atoms with Crippen molar-refractivity contribution in [2.45, 2.75) is 11.4 Å². The van der Waals surface area contributed by atoms with Crippen molar-refractivity contribution in [3.63, 3.8) is 0 Å². The van der Waals surface area contributed by atoms with Crippen molar-refractivity contribution in [2.24, 2.45) is 0 Å². The lowest BCUT2D eigenvalue weighted by Crippen LogP contribution is -2.00. The maximum absolute atomic E-state index is 11.3. The van der Waals surface area contributed by atoms with Crippen LogP contribution in [0.1, 0.15) is 5.01 Å². The van der Waals surface area contributed by atoms with E-state index in [1.54, 1.807) is 41.8 Å². The van der Waals surface area contributed by atoms with Crippen LogP contribution in [0, 0.1) is 0 Å². The van der Waals surface area contributed by atoms with Gasteiger partial charge in [-0.15, -0.1) is 11.3 Å². The highest BCUT2D eigenvalue weighted by Gasteiger charge is 2.05. The summed E-state index contributed by atoms with van der Waals surface area (Å²) >= 11 is 1.58. The fourth-order valence-corrected chi connectivity index (χ4v) is 2.52. The monoisotopic (exact) mass is 268 g/mol. The smallest absolute Gasteiger partial charge is 0.175 e. The first kappa shape index (κ1) is 12.1. The molecule has 0 unspecified atom stereocenters. The van der Waals surface area contributed by atoms with Crippen LogP contribution in [0.2, 0.25) is 0 Å². The molecule has 0 radical (unpaired) electrons. The summed E-state index contributed by atoms with van der Waals surface area (Å²) in [6, 6.07) is 6.70. The normalized spacial score (nSPS) is 11.4. The first-order valence-corrected chi connectivity index (χ1v) is 7.75. The van der Waals surface area contributed by atoms with E-state index >= 15 is 0 Å². The molecule has 2 aromatic rings. The first-order valence-electron chi connectivity index (χ1n) is 4.98. The minimum atomic E-state index is -3.12. The quantitative estimate of drug-likeness (QED) is 0.923. The Balaban J connectivity index is 2.04. The number of nitrogens with zero attached hydrogens (tertiary/aromatic N) is 1. The van der Waals surface area contributed by atoms with Gasteiger partial charge in [-0.05, 0) is 24.3 Å². The maximum Gasteiger partial charge on any atom is 0.175 e. The summed E-state index contributed by atoms with van der Waals surface area (Å²) < 4.78 is 22.5. The van der Waals surface area contributed by atoms with Crippen molar-refractivity contribution in [3.8, 4) is 0 Å². The number of nitrogens with one attached hydrogen (secondary N) is 1. The third-order valence-electron chi connectivity index (χ3n) is 2.21. The van der Waals surface area contributed by atoms with Crippen molar-refractivity contribution < 1.29 is 8.42 Å². The Morgan fingerprint density at radius 1 is 1.29 bits per heavy atom. The number of hydrogen-bond donors (Lipinski definition) is 1. The van der Waals surface area contributed by atoms with E-state index in [9.17, 15) is 8.42 Å². The molecular weight excluding hydrogens is 256 g/mol. The highest BCUT2D eigenvalue weighted by atomic mass is 32.2. The molecule has 0 aliphatic rings. The van der Waals surface area contributed by atoms with E-state index in [0.29, 0.717) is 11.4 Å². The SMILES string of the molecule is CS(=O)(=O)c1ccc(NCc2nccs2)cc1. The Hall–Kier alpha value is -1.40. The fourth-order valence-electron chi connectivity index (χ4n) is 1.34. The van der Waals surface area contributed by atoms with Gasteiger partial charge in [-0.1, -0.05) is 0 Å². The molecule has 0 bridgehead atoms. The maximum atomic E-state index is 11.3. The predicted molar refractivity (Wildman–Crippen MR) is 69.0 cm³/mol. The third kappa shape index (κ3) is 3.28. The Labute approximate surface area is 104 Å². The molecule has 4 nitrogen and oxygen atoms in total. The molecule has 0 aliphatic carbocycles. The summed E-state index contributed by atoms with van der Waals surface area (Å²) in [7, 11) is -3.12. The van der Waals surface area contributed by atoms with Gasteiger partial charge in [0.2, 0.25) is 0 Å². The average molecular weight is 268 g/mol. The van der Waals surface area contributed by atoms with Crippen LogP contribution in [0.25, 0.3) is 0 Å². The highest BCUT2D eigenvalue weighted by molar-refractivity contribution is 7.90. The van der Waals surface area contributed by atoms with Crippen LogP contribution in [0.3, 0.4) is 0 Å². The number of aromatic nitrogens is 1. The van der Waals surface area contributed by atoms with Gasteiger partial charge in [-0.2, -0.15) is 0 Å². The van der Waals surface area contributed by atoms with Gasteiger partial charge < -0.3 is 5.32 Å². The lowest BCUT2D eigenvalue weighted by molar-refractivity contribution is 0.602. The van der Waals surface area contributed by atoms with E-state index in [1.807, 2.05) is 5.38 Å². The summed E-state index contributed by atoms with van der Waals surface area (Å²) in [6.07, 6.45) is 2.96. The molecule has 1 heterocycles. The molecule has 90 valence electrons. The predicted octanol–water partition coefficient (Wildman–Crippen LogP) is 2.16. The molecular formula is C11H12N2O2S2. The Bertz CT molecular complexity index is 574. The molecule has 0 saturated heterocycles.